The molecule has 1 aromatic carbocycles. The molecule has 134 valence electrons. The number of carbonyl (C=O) groups excluding carboxylic acids is 1. The first-order chi connectivity index (χ1) is 12.1. The number of carbonyl (C=O) groups is 1. The van der Waals surface area contributed by atoms with Crippen molar-refractivity contribution in [2.75, 3.05) is 37.6 Å². The SMILES string of the molecule is CCC1(CC)CC(CN2CCN(c3ccc(C#N)cc3)CC2)OC1=O. The Morgan fingerprint density at radius 1 is 1.16 bits per heavy atom. The molecule has 0 saturated carbocycles. The largest absolute Gasteiger partial charge is 0.461 e. The van der Waals surface area contributed by atoms with Crippen LogP contribution < -0.4 is 4.90 Å². The zero-order valence-corrected chi connectivity index (χ0v) is 15.2. The molecule has 0 N–H and O–H groups in total. The Kier molecular flexibility index (Phi) is 5.29. The van der Waals surface area contributed by atoms with Crippen LogP contribution >= 0.6 is 0 Å². The minimum Gasteiger partial charge on any atom is -0.461 e. The number of cyclic esters (lactones) is 1. The van der Waals surface area contributed by atoms with Crippen molar-refractivity contribution in [3.8, 4) is 6.07 Å². The van der Waals surface area contributed by atoms with Crippen LogP contribution in [0.5, 0.6) is 0 Å². The van der Waals surface area contributed by atoms with Gasteiger partial charge >= 0.3 is 5.97 Å². The van der Waals surface area contributed by atoms with Gasteiger partial charge < -0.3 is 9.64 Å². The Morgan fingerprint density at radius 2 is 1.80 bits per heavy atom. The molecule has 1 aromatic rings. The van der Waals surface area contributed by atoms with Crippen LogP contribution in [0.1, 0.15) is 38.7 Å². The molecule has 0 aliphatic carbocycles. The van der Waals surface area contributed by atoms with Crippen LogP contribution in [0.2, 0.25) is 0 Å². The Balaban J connectivity index is 1.51. The van der Waals surface area contributed by atoms with Gasteiger partial charge in [0.25, 0.3) is 0 Å². The first-order valence-electron chi connectivity index (χ1n) is 9.29. The van der Waals surface area contributed by atoms with Gasteiger partial charge in [0.2, 0.25) is 0 Å². The third-order valence-corrected chi connectivity index (χ3v) is 5.87. The predicted octanol–water partition coefficient (Wildman–Crippen LogP) is 2.80. The Morgan fingerprint density at radius 3 is 2.32 bits per heavy atom. The number of hydrogen-bond acceptors (Lipinski definition) is 5. The summed E-state index contributed by atoms with van der Waals surface area (Å²) < 4.78 is 5.67. The molecule has 3 rings (SSSR count). The molecule has 5 heteroatoms. The van der Waals surface area contributed by atoms with E-state index in [1.54, 1.807) is 0 Å². The van der Waals surface area contributed by atoms with E-state index in [4.69, 9.17) is 10.00 Å². The molecule has 2 fully saturated rings. The second-order valence-corrected chi connectivity index (χ2v) is 7.17. The van der Waals surface area contributed by atoms with Crippen LogP contribution in [-0.4, -0.2) is 49.7 Å². The van der Waals surface area contributed by atoms with Crippen molar-refractivity contribution in [2.45, 2.75) is 39.2 Å². The second kappa shape index (κ2) is 7.45. The summed E-state index contributed by atoms with van der Waals surface area (Å²) in [6.07, 6.45) is 2.62. The molecular weight excluding hydrogens is 314 g/mol. The zero-order valence-electron chi connectivity index (χ0n) is 15.2. The summed E-state index contributed by atoms with van der Waals surface area (Å²) in [6, 6.07) is 9.93. The van der Waals surface area contributed by atoms with Crippen LogP contribution in [0.4, 0.5) is 5.69 Å². The maximum atomic E-state index is 12.2. The van der Waals surface area contributed by atoms with Crippen molar-refractivity contribution >= 4 is 11.7 Å². The molecule has 0 radical (unpaired) electrons. The van der Waals surface area contributed by atoms with E-state index in [0.717, 1.165) is 52.0 Å². The number of rotatable bonds is 5. The second-order valence-electron chi connectivity index (χ2n) is 7.17. The maximum absolute atomic E-state index is 12.2. The highest BCUT2D eigenvalue weighted by Crippen LogP contribution is 2.40. The number of anilines is 1. The van der Waals surface area contributed by atoms with Crippen LogP contribution in [-0.2, 0) is 9.53 Å². The van der Waals surface area contributed by atoms with Gasteiger partial charge in [-0.25, -0.2) is 0 Å². The van der Waals surface area contributed by atoms with E-state index >= 15 is 0 Å². The number of piperazine rings is 1. The van der Waals surface area contributed by atoms with E-state index in [1.165, 1.54) is 5.69 Å². The summed E-state index contributed by atoms with van der Waals surface area (Å²) in [5, 5.41) is 8.89. The standard InChI is InChI=1S/C20H27N3O2/c1-3-20(4-2)13-18(25-19(20)24)15-22-9-11-23(12-10-22)17-7-5-16(14-21)6-8-17/h5-8,18H,3-4,9-13,15H2,1-2H3. The van der Waals surface area contributed by atoms with E-state index < -0.39 is 0 Å². The summed E-state index contributed by atoms with van der Waals surface area (Å²) in [5.41, 5.74) is 1.61. The molecule has 2 heterocycles. The van der Waals surface area contributed by atoms with Gasteiger partial charge in [0.05, 0.1) is 17.0 Å². The molecular formula is C20H27N3O2. The molecule has 0 bridgehead atoms. The molecule has 2 saturated heterocycles. The Hall–Kier alpha value is -2.06. The van der Waals surface area contributed by atoms with Crippen molar-refractivity contribution in [3.05, 3.63) is 29.8 Å². The fourth-order valence-corrected chi connectivity index (χ4v) is 3.99. The van der Waals surface area contributed by atoms with Gasteiger partial charge in [0.15, 0.2) is 0 Å². The van der Waals surface area contributed by atoms with Gasteiger partial charge in [-0.3, -0.25) is 9.69 Å². The van der Waals surface area contributed by atoms with Gasteiger partial charge in [-0.15, -0.1) is 0 Å². The first kappa shape index (κ1) is 17.8. The lowest BCUT2D eigenvalue weighted by atomic mass is 9.79. The predicted molar refractivity (Wildman–Crippen MR) is 97.3 cm³/mol. The molecule has 1 unspecified atom stereocenters. The van der Waals surface area contributed by atoms with E-state index in [9.17, 15) is 4.79 Å². The van der Waals surface area contributed by atoms with Crippen LogP contribution in [0, 0.1) is 16.7 Å². The number of ether oxygens (including phenoxy) is 1. The van der Waals surface area contributed by atoms with E-state index in [-0.39, 0.29) is 17.5 Å². The van der Waals surface area contributed by atoms with Gasteiger partial charge in [-0.05, 0) is 37.1 Å². The third-order valence-electron chi connectivity index (χ3n) is 5.87. The number of benzene rings is 1. The summed E-state index contributed by atoms with van der Waals surface area (Å²) in [7, 11) is 0. The molecule has 0 aromatic heterocycles. The number of nitrogens with zero attached hydrogens (tertiary/aromatic N) is 3. The molecule has 5 nitrogen and oxygen atoms in total. The van der Waals surface area contributed by atoms with Gasteiger partial charge in [-0.2, -0.15) is 5.26 Å². The summed E-state index contributed by atoms with van der Waals surface area (Å²) in [6.45, 7) is 8.87. The van der Waals surface area contributed by atoms with Gasteiger partial charge in [0.1, 0.15) is 6.10 Å². The highest BCUT2D eigenvalue weighted by atomic mass is 16.6. The van der Waals surface area contributed by atoms with E-state index in [1.807, 2.05) is 24.3 Å². The maximum Gasteiger partial charge on any atom is 0.312 e. The molecule has 0 amide bonds. The smallest absolute Gasteiger partial charge is 0.312 e. The topological polar surface area (TPSA) is 56.6 Å². The van der Waals surface area contributed by atoms with Crippen molar-refractivity contribution in [1.29, 1.82) is 5.26 Å². The lowest BCUT2D eigenvalue weighted by Gasteiger charge is -2.37. The molecule has 1 atom stereocenters. The van der Waals surface area contributed by atoms with Crippen molar-refractivity contribution < 1.29 is 9.53 Å². The Bertz CT molecular complexity index is 638. The summed E-state index contributed by atoms with van der Waals surface area (Å²) in [5.74, 6) is -0.00119. The average molecular weight is 341 g/mol. The lowest BCUT2D eigenvalue weighted by Crippen LogP contribution is -2.48. The molecule has 2 aliphatic heterocycles. The molecule has 25 heavy (non-hydrogen) atoms. The first-order valence-corrected chi connectivity index (χ1v) is 9.29. The van der Waals surface area contributed by atoms with Gasteiger partial charge in [0, 0.05) is 44.8 Å². The lowest BCUT2D eigenvalue weighted by molar-refractivity contribution is -0.149. The van der Waals surface area contributed by atoms with E-state index in [2.05, 4.69) is 29.7 Å². The number of esters is 1. The Labute approximate surface area is 150 Å². The fourth-order valence-electron chi connectivity index (χ4n) is 3.99. The van der Waals surface area contributed by atoms with Gasteiger partial charge in [-0.1, -0.05) is 13.8 Å². The summed E-state index contributed by atoms with van der Waals surface area (Å²) in [4.78, 5) is 17.0. The highest BCUT2D eigenvalue weighted by molar-refractivity contribution is 5.79. The van der Waals surface area contributed by atoms with E-state index in [0.29, 0.717) is 5.56 Å². The van der Waals surface area contributed by atoms with Crippen molar-refractivity contribution in [1.82, 2.24) is 4.90 Å². The number of hydrogen-bond donors (Lipinski definition) is 0. The minimum absolute atomic E-state index is 0.00119. The minimum atomic E-state index is -0.255. The summed E-state index contributed by atoms with van der Waals surface area (Å²) >= 11 is 0. The van der Waals surface area contributed by atoms with Crippen LogP contribution in [0.3, 0.4) is 0 Å². The quantitative estimate of drug-likeness (QED) is 0.771. The molecule has 0 spiro atoms. The average Bonchev–Trinajstić information content (AvgIpc) is 2.98. The van der Waals surface area contributed by atoms with Crippen LogP contribution in [0.15, 0.2) is 24.3 Å². The van der Waals surface area contributed by atoms with Crippen molar-refractivity contribution in [3.63, 3.8) is 0 Å². The highest BCUT2D eigenvalue weighted by Gasteiger charge is 2.46. The number of nitriles is 1. The third kappa shape index (κ3) is 3.64. The zero-order chi connectivity index (χ0) is 17.9. The van der Waals surface area contributed by atoms with Crippen LogP contribution in [0.25, 0.3) is 0 Å². The normalized spacial score (nSPS) is 23.3. The fraction of sp³-hybridized carbons (Fsp3) is 0.600. The van der Waals surface area contributed by atoms with Crippen molar-refractivity contribution in [2.24, 2.45) is 5.41 Å². The molecule has 2 aliphatic rings. The monoisotopic (exact) mass is 341 g/mol.